The lowest BCUT2D eigenvalue weighted by molar-refractivity contribution is 0.125. The monoisotopic (exact) mass is 217 g/mol. The number of rotatable bonds is 5. The Morgan fingerprint density at radius 3 is 2.86 bits per heavy atom. The summed E-state index contributed by atoms with van der Waals surface area (Å²) >= 11 is 2.04. The zero-order chi connectivity index (χ0) is 10.4. The molecule has 2 unspecified atom stereocenters. The summed E-state index contributed by atoms with van der Waals surface area (Å²) in [6.45, 7) is 5.59. The Morgan fingerprint density at radius 2 is 2.29 bits per heavy atom. The number of aliphatic hydroxyl groups is 1. The van der Waals surface area contributed by atoms with E-state index in [4.69, 9.17) is 0 Å². The summed E-state index contributed by atoms with van der Waals surface area (Å²) in [5, 5.41) is 13.7. The molecule has 0 aliphatic heterocycles. The molecule has 1 aliphatic rings. The third-order valence-electron chi connectivity index (χ3n) is 3.06. The van der Waals surface area contributed by atoms with Gasteiger partial charge in [-0.05, 0) is 31.6 Å². The van der Waals surface area contributed by atoms with Crippen LogP contribution in [0.1, 0.15) is 39.5 Å². The molecule has 0 radical (unpaired) electrons. The number of thioether (sulfide) groups is 1. The van der Waals surface area contributed by atoms with Gasteiger partial charge in [0.1, 0.15) is 0 Å². The molecule has 0 aromatic rings. The van der Waals surface area contributed by atoms with E-state index in [1.54, 1.807) is 0 Å². The largest absolute Gasteiger partial charge is 0.394 e. The molecular weight excluding hydrogens is 194 g/mol. The maximum absolute atomic E-state index is 9.49. The fourth-order valence-corrected chi connectivity index (χ4v) is 3.66. The van der Waals surface area contributed by atoms with E-state index in [1.807, 2.05) is 11.8 Å². The SMILES string of the molecule is CCNC1(CO)CCCC(SCC)C1. The summed E-state index contributed by atoms with van der Waals surface area (Å²) < 4.78 is 0. The quantitative estimate of drug-likeness (QED) is 0.739. The minimum atomic E-state index is 0.0276. The first-order valence-electron chi connectivity index (χ1n) is 5.74. The smallest absolute Gasteiger partial charge is 0.0613 e. The molecule has 0 heterocycles. The van der Waals surface area contributed by atoms with Gasteiger partial charge in [0.05, 0.1) is 6.61 Å². The molecule has 1 rings (SSSR count). The summed E-state index contributed by atoms with van der Waals surface area (Å²) in [4.78, 5) is 0. The summed E-state index contributed by atoms with van der Waals surface area (Å²) in [5.41, 5.74) is 0.0276. The number of nitrogens with one attached hydrogen (secondary N) is 1. The molecule has 0 amide bonds. The van der Waals surface area contributed by atoms with E-state index >= 15 is 0 Å². The highest BCUT2D eigenvalue weighted by Crippen LogP contribution is 2.34. The molecule has 84 valence electrons. The van der Waals surface area contributed by atoms with Crippen molar-refractivity contribution >= 4 is 11.8 Å². The Balaban J connectivity index is 2.49. The van der Waals surface area contributed by atoms with Crippen molar-refractivity contribution in [3.05, 3.63) is 0 Å². The van der Waals surface area contributed by atoms with Crippen LogP contribution in [0.5, 0.6) is 0 Å². The van der Waals surface area contributed by atoms with Crippen molar-refractivity contribution in [3.8, 4) is 0 Å². The van der Waals surface area contributed by atoms with E-state index in [0.717, 1.165) is 24.6 Å². The van der Waals surface area contributed by atoms with Crippen molar-refractivity contribution < 1.29 is 5.11 Å². The standard InChI is InChI=1S/C11H23NOS/c1-3-12-11(9-13)7-5-6-10(8-11)14-4-2/h10,12-13H,3-9H2,1-2H3. The van der Waals surface area contributed by atoms with Crippen LogP contribution >= 0.6 is 11.8 Å². The lowest BCUT2D eigenvalue weighted by atomic mass is 9.82. The maximum Gasteiger partial charge on any atom is 0.0613 e. The second-order valence-corrected chi connectivity index (χ2v) is 5.72. The Hall–Kier alpha value is 0.270. The van der Waals surface area contributed by atoms with Gasteiger partial charge in [-0.3, -0.25) is 0 Å². The molecule has 0 spiro atoms. The van der Waals surface area contributed by atoms with Crippen LogP contribution in [0.15, 0.2) is 0 Å². The van der Waals surface area contributed by atoms with Crippen LogP contribution in [-0.2, 0) is 0 Å². The average Bonchev–Trinajstić information content (AvgIpc) is 2.19. The first-order valence-corrected chi connectivity index (χ1v) is 6.78. The van der Waals surface area contributed by atoms with Crippen LogP contribution in [0.25, 0.3) is 0 Å². The van der Waals surface area contributed by atoms with Gasteiger partial charge in [0.15, 0.2) is 0 Å². The number of likely N-dealkylation sites (N-methyl/N-ethyl adjacent to an activating group) is 1. The fourth-order valence-electron chi connectivity index (χ4n) is 2.42. The van der Waals surface area contributed by atoms with Crippen LogP contribution in [0.4, 0.5) is 0 Å². The minimum absolute atomic E-state index is 0.0276. The van der Waals surface area contributed by atoms with Crippen molar-refractivity contribution in [1.82, 2.24) is 5.32 Å². The molecule has 1 saturated carbocycles. The zero-order valence-electron chi connectivity index (χ0n) is 9.38. The van der Waals surface area contributed by atoms with E-state index in [1.165, 1.54) is 18.6 Å². The molecule has 2 N–H and O–H groups in total. The predicted octanol–water partition coefficient (Wildman–Crippen LogP) is 2.02. The van der Waals surface area contributed by atoms with Crippen LogP contribution in [0, 0.1) is 0 Å². The molecule has 3 heteroatoms. The van der Waals surface area contributed by atoms with Gasteiger partial charge in [-0.1, -0.05) is 20.3 Å². The normalized spacial score (nSPS) is 33.2. The van der Waals surface area contributed by atoms with Crippen molar-refractivity contribution in [2.24, 2.45) is 0 Å². The Labute approximate surface area is 91.9 Å². The van der Waals surface area contributed by atoms with E-state index in [2.05, 4.69) is 19.2 Å². The molecule has 0 bridgehead atoms. The second kappa shape index (κ2) is 5.99. The fraction of sp³-hybridized carbons (Fsp3) is 1.00. The molecular formula is C11H23NOS. The second-order valence-electron chi connectivity index (χ2n) is 4.14. The van der Waals surface area contributed by atoms with Gasteiger partial charge in [-0.2, -0.15) is 11.8 Å². The molecule has 1 fully saturated rings. The van der Waals surface area contributed by atoms with E-state index < -0.39 is 0 Å². The topological polar surface area (TPSA) is 32.3 Å². The Morgan fingerprint density at radius 1 is 1.50 bits per heavy atom. The first-order chi connectivity index (χ1) is 6.76. The predicted molar refractivity (Wildman–Crippen MR) is 63.9 cm³/mol. The van der Waals surface area contributed by atoms with Crippen LogP contribution in [-0.4, -0.2) is 34.8 Å². The van der Waals surface area contributed by atoms with Gasteiger partial charge in [0.2, 0.25) is 0 Å². The van der Waals surface area contributed by atoms with Crippen molar-refractivity contribution in [2.45, 2.75) is 50.3 Å². The Bertz CT molecular complexity index is 159. The van der Waals surface area contributed by atoms with E-state index in [9.17, 15) is 5.11 Å². The lowest BCUT2D eigenvalue weighted by Crippen LogP contribution is -2.52. The molecule has 0 saturated heterocycles. The number of hydrogen-bond acceptors (Lipinski definition) is 3. The van der Waals surface area contributed by atoms with Crippen LogP contribution < -0.4 is 5.32 Å². The van der Waals surface area contributed by atoms with Crippen molar-refractivity contribution in [3.63, 3.8) is 0 Å². The molecule has 14 heavy (non-hydrogen) atoms. The van der Waals surface area contributed by atoms with Crippen molar-refractivity contribution in [2.75, 3.05) is 18.9 Å². The van der Waals surface area contributed by atoms with E-state index in [-0.39, 0.29) is 5.54 Å². The van der Waals surface area contributed by atoms with Gasteiger partial charge < -0.3 is 10.4 Å². The molecule has 2 atom stereocenters. The molecule has 1 aliphatic carbocycles. The third kappa shape index (κ3) is 3.14. The zero-order valence-corrected chi connectivity index (χ0v) is 10.2. The molecule has 2 nitrogen and oxygen atoms in total. The summed E-state index contributed by atoms with van der Waals surface area (Å²) in [5.74, 6) is 1.19. The third-order valence-corrected chi connectivity index (χ3v) is 4.26. The van der Waals surface area contributed by atoms with Gasteiger partial charge in [-0.15, -0.1) is 0 Å². The maximum atomic E-state index is 9.49. The van der Waals surface area contributed by atoms with Crippen molar-refractivity contribution in [1.29, 1.82) is 0 Å². The van der Waals surface area contributed by atoms with Crippen LogP contribution in [0.3, 0.4) is 0 Å². The molecule has 0 aromatic carbocycles. The highest BCUT2D eigenvalue weighted by atomic mass is 32.2. The summed E-state index contributed by atoms with van der Waals surface area (Å²) in [7, 11) is 0. The number of aliphatic hydroxyl groups excluding tert-OH is 1. The molecule has 0 aromatic heterocycles. The average molecular weight is 217 g/mol. The highest BCUT2D eigenvalue weighted by molar-refractivity contribution is 7.99. The number of hydrogen-bond donors (Lipinski definition) is 2. The van der Waals surface area contributed by atoms with Gasteiger partial charge in [-0.25, -0.2) is 0 Å². The summed E-state index contributed by atoms with van der Waals surface area (Å²) in [6.07, 6.45) is 4.85. The van der Waals surface area contributed by atoms with Gasteiger partial charge in [0, 0.05) is 10.8 Å². The first kappa shape index (κ1) is 12.3. The van der Waals surface area contributed by atoms with Crippen LogP contribution in [0.2, 0.25) is 0 Å². The summed E-state index contributed by atoms with van der Waals surface area (Å²) in [6, 6.07) is 0. The van der Waals surface area contributed by atoms with E-state index in [0.29, 0.717) is 6.61 Å². The minimum Gasteiger partial charge on any atom is -0.394 e. The van der Waals surface area contributed by atoms with Gasteiger partial charge in [0.25, 0.3) is 0 Å². The highest BCUT2D eigenvalue weighted by Gasteiger charge is 2.34. The lowest BCUT2D eigenvalue weighted by Gasteiger charge is -2.40. The van der Waals surface area contributed by atoms with Gasteiger partial charge >= 0.3 is 0 Å². The Kier molecular flexibility index (Phi) is 5.28.